The van der Waals surface area contributed by atoms with Crippen LogP contribution in [-0.2, 0) is 0 Å². The first-order valence-corrected chi connectivity index (χ1v) is 8.22. The van der Waals surface area contributed by atoms with Crippen LogP contribution in [0.1, 0.15) is 30.9 Å². The highest BCUT2D eigenvalue weighted by Gasteiger charge is 2.21. The maximum Gasteiger partial charge on any atom is 0.268 e. The Kier molecular flexibility index (Phi) is 6.11. The van der Waals surface area contributed by atoms with Crippen molar-refractivity contribution in [1.29, 1.82) is 10.5 Å². The van der Waals surface area contributed by atoms with E-state index in [1.54, 1.807) is 6.07 Å². The molecule has 0 radical (unpaired) electrons. The second-order valence-corrected chi connectivity index (χ2v) is 5.82. The van der Waals surface area contributed by atoms with Gasteiger partial charge in [0.2, 0.25) is 0 Å². The monoisotopic (exact) mass is 372 g/mol. The lowest BCUT2D eigenvalue weighted by molar-refractivity contribution is 0.288. The number of nitriles is 2. The largest absolute Gasteiger partial charge is 0.493 e. The van der Waals surface area contributed by atoms with E-state index in [2.05, 4.69) is 4.98 Å². The van der Waals surface area contributed by atoms with Crippen LogP contribution in [0.25, 0.3) is 11.1 Å². The van der Waals surface area contributed by atoms with E-state index in [0.29, 0.717) is 23.7 Å². The summed E-state index contributed by atoms with van der Waals surface area (Å²) in [4.78, 5) is 14.4. The van der Waals surface area contributed by atoms with Crippen molar-refractivity contribution in [2.75, 3.05) is 19.5 Å². The number of rotatable bonds is 6. The highest BCUT2D eigenvalue weighted by Crippen LogP contribution is 2.41. The molecule has 134 valence electrons. The zero-order valence-electron chi connectivity index (χ0n) is 14.4. The van der Waals surface area contributed by atoms with Crippen LogP contribution < -0.4 is 20.8 Å². The number of nitrogens with two attached hydrogens (primary N) is 1. The van der Waals surface area contributed by atoms with Crippen molar-refractivity contribution in [2.24, 2.45) is 0 Å². The van der Waals surface area contributed by atoms with Gasteiger partial charge in [-0.25, -0.2) is 0 Å². The van der Waals surface area contributed by atoms with Gasteiger partial charge in [-0.05, 0) is 24.1 Å². The molecule has 7 nitrogen and oxygen atoms in total. The molecule has 26 heavy (non-hydrogen) atoms. The standard InChI is InChI=1S/C18H17ClN4O3/c1-3-4-5-26-16-13(19)6-10(7-14(16)25-2)15-11(8-20)17(22)23-18(24)12(15)9-21/h6-7H,3-5H2,1-2H3,(H3,22,23,24). The summed E-state index contributed by atoms with van der Waals surface area (Å²) in [5.74, 6) is 0.571. The van der Waals surface area contributed by atoms with Crippen LogP contribution in [0, 0.1) is 22.7 Å². The maximum absolute atomic E-state index is 12.1. The fraction of sp³-hybridized carbons (Fsp3) is 0.278. The summed E-state index contributed by atoms with van der Waals surface area (Å²) in [6.07, 6.45) is 1.81. The molecule has 1 heterocycles. The number of aromatic amines is 1. The Labute approximate surface area is 155 Å². The number of pyridine rings is 1. The minimum absolute atomic E-state index is 0.0149. The van der Waals surface area contributed by atoms with Gasteiger partial charge in [0.05, 0.1) is 18.7 Å². The highest BCUT2D eigenvalue weighted by atomic mass is 35.5. The molecule has 3 N–H and O–H groups in total. The molecule has 0 aliphatic rings. The van der Waals surface area contributed by atoms with Crippen LogP contribution in [0.15, 0.2) is 16.9 Å². The topological polar surface area (TPSA) is 125 Å². The molecule has 1 aromatic carbocycles. The van der Waals surface area contributed by atoms with E-state index in [1.807, 2.05) is 19.1 Å². The molecule has 0 aliphatic heterocycles. The fourth-order valence-corrected chi connectivity index (χ4v) is 2.72. The molecule has 2 aromatic rings. The number of nitrogen functional groups attached to an aromatic ring is 1. The smallest absolute Gasteiger partial charge is 0.268 e. The van der Waals surface area contributed by atoms with Gasteiger partial charge in [-0.3, -0.25) is 4.79 Å². The summed E-state index contributed by atoms with van der Waals surface area (Å²) in [7, 11) is 1.45. The van der Waals surface area contributed by atoms with Crippen LogP contribution in [0.5, 0.6) is 11.5 Å². The summed E-state index contributed by atoms with van der Waals surface area (Å²) in [6, 6.07) is 6.80. The SMILES string of the molecule is CCCCOc1c(Cl)cc(-c2c(C#N)c(N)[nH]c(=O)c2C#N)cc1OC. The number of aromatic nitrogens is 1. The van der Waals surface area contributed by atoms with E-state index in [-0.39, 0.29) is 27.5 Å². The third-order valence-electron chi connectivity index (χ3n) is 3.73. The van der Waals surface area contributed by atoms with E-state index in [1.165, 1.54) is 13.2 Å². The number of methoxy groups -OCH3 is 1. The number of unbranched alkanes of at least 4 members (excludes halogenated alkanes) is 1. The van der Waals surface area contributed by atoms with Gasteiger partial charge >= 0.3 is 0 Å². The van der Waals surface area contributed by atoms with Gasteiger partial charge in [0.1, 0.15) is 29.1 Å². The number of nitrogens with zero attached hydrogens (tertiary/aromatic N) is 2. The van der Waals surface area contributed by atoms with Crippen molar-refractivity contribution < 1.29 is 9.47 Å². The van der Waals surface area contributed by atoms with E-state index in [4.69, 9.17) is 26.8 Å². The second-order valence-electron chi connectivity index (χ2n) is 5.41. The molecule has 0 atom stereocenters. The number of halogens is 1. The van der Waals surface area contributed by atoms with Gasteiger partial charge in [-0.1, -0.05) is 24.9 Å². The van der Waals surface area contributed by atoms with Crippen LogP contribution in [0.4, 0.5) is 5.82 Å². The molecule has 1 aromatic heterocycles. The molecule has 2 rings (SSSR count). The fourth-order valence-electron chi connectivity index (χ4n) is 2.45. The number of hydrogen-bond donors (Lipinski definition) is 2. The molecule has 0 bridgehead atoms. The first kappa shape index (κ1) is 19.2. The Morgan fingerprint density at radius 2 is 1.96 bits per heavy atom. The highest BCUT2D eigenvalue weighted by molar-refractivity contribution is 6.32. The van der Waals surface area contributed by atoms with Gasteiger partial charge in [0.25, 0.3) is 5.56 Å². The Hall–Kier alpha value is -3.16. The van der Waals surface area contributed by atoms with Crippen LogP contribution in [0.3, 0.4) is 0 Å². The van der Waals surface area contributed by atoms with E-state index in [0.717, 1.165) is 12.8 Å². The summed E-state index contributed by atoms with van der Waals surface area (Å²) < 4.78 is 11.0. The number of hydrogen-bond acceptors (Lipinski definition) is 6. The van der Waals surface area contributed by atoms with Gasteiger partial charge < -0.3 is 20.2 Å². The van der Waals surface area contributed by atoms with Gasteiger partial charge in [0.15, 0.2) is 11.5 Å². The molecule has 0 saturated heterocycles. The van der Waals surface area contributed by atoms with Gasteiger partial charge in [0, 0.05) is 5.56 Å². The normalized spacial score (nSPS) is 10.0. The average molecular weight is 373 g/mol. The lowest BCUT2D eigenvalue weighted by Gasteiger charge is -2.15. The van der Waals surface area contributed by atoms with E-state index in [9.17, 15) is 15.3 Å². The van der Waals surface area contributed by atoms with Crippen LogP contribution in [0.2, 0.25) is 5.02 Å². The number of ether oxygens (including phenoxy) is 2. The molecule has 0 aliphatic carbocycles. The Bertz CT molecular complexity index is 970. The molecule has 8 heteroatoms. The summed E-state index contributed by atoms with van der Waals surface area (Å²) >= 11 is 6.32. The average Bonchev–Trinajstić information content (AvgIpc) is 2.62. The molecular weight excluding hydrogens is 356 g/mol. The van der Waals surface area contributed by atoms with Crippen LogP contribution in [-0.4, -0.2) is 18.7 Å². The summed E-state index contributed by atoms with van der Waals surface area (Å²) in [6.45, 7) is 2.51. The molecule has 0 fully saturated rings. The number of anilines is 1. The zero-order valence-corrected chi connectivity index (χ0v) is 15.1. The van der Waals surface area contributed by atoms with Crippen LogP contribution >= 0.6 is 11.6 Å². The lowest BCUT2D eigenvalue weighted by atomic mass is 9.96. The summed E-state index contributed by atoms with van der Waals surface area (Å²) in [5.41, 5.74) is 5.28. The predicted octanol–water partition coefficient (Wildman–Crippen LogP) is 3.21. The lowest BCUT2D eigenvalue weighted by Crippen LogP contribution is -2.16. The van der Waals surface area contributed by atoms with Crippen molar-refractivity contribution in [2.45, 2.75) is 19.8 Å². The number of H-pyrrole nitrogens is 1. The first-order chi connectivity index (χ1) is 12.5. The van der Waals surface area contributed by atoms with E-state index < -0.39 is 5.56 Å². The minimum atomic E-state index is -0.683. The first-order valence-electron chi connectivity index (χ1n) is 7.85. The quantitative estimate of drug-likeness (QED) is 0.750. The van der Waals surface area contributed by atoms with Crippen molar-refractivity contribution in [3.8, 4) is 34.8 Å². The third-order valence-corrected chi connectivity index (χ3v) is 4.01. The Morgan fingerprint density at radius 3 is 2.54 bits per heavy atom. The molecular formula is C18H17ClN4O3. The van der Waals surface area contributed by atoms with Crippen molar-refractivity contribution >= 4 is 17.4 Å². The third kappa shape index (κ3) is 3.58. The predicted molar refractivity (Wildman–Crippen MR) is 98.3 cm³/mol. The van der Waals surface area contributed by atoms with Gasteiger partial charge in [-0.2, -0.15) is 10.5 Å². The second kappa shape index (κ2) is 8.28. The Balaban J connectivity index is 2.72. The number of nitrogens with one attached hydrogen (secondary N) is 1. The molecule has 0 unspecified atom stereocenters. The van der Waals surface area contributed by atoms with Crippen molar-refractivity contribution in [3.05, 3.63) is 38.6 Å². The zero-order chi connectivity index (χ0) is 19.3. The maximum atomic E-state index is 12.1. The number of benzene rings is 1. The van der Waals surface area contributed by atoms with Crippen molar-refractivity contribution in [3.63, 3.8) is 0 Å². The van der Waals surface area contributed by atoms with E-state index >= 15 is 0 Å². The molecule has 0 saturated carbocycles. The van der Waals surface area contributed by atoms with Crippen molar-refractivity contribution in [1.82, 2.24) is 4.98 Å². The molecule has 0 spiro atoms. The Morgan fingerprint density at radius 1 is 1.27 bits per heavy atom. The summed E-state index contributed by atoms with van der Waals surface area (Å²) in [5, 5.41) is 19.0. The minimum Gasteiger partial charge on any atom is -0.493 e. The van der Waals surface area contributed by atoms with Gasteiger partial charge in [-0.15, -0.1) is 0 Å². The molecule has 0 amide bonds.